The van der Waals surface area contributed by atoms with Crippen LogP contribution in [-0.2, 0) is 0 Å². The van der Waals surface area contributed by atoms with Gasteiger partial charge in [0.15, 0.2) is 0 Å². The molecule has 23 aromatic carbocycles. The molecule has 0 unspecified atom stereocenters. The van der Waals surface area contributed by atoms with E-state index in [-0.39, 0.29) is 0 Å². The van der Waals surface area contributed by atoms with Gasteiger partial charge < -0.3 is 27.4 Å². The third-order valence-corrected chi connectivity index (χ3v) is 34.2. The van der Waals surface area contributed by atoms with Crippen molar-refractivity contribution in [2.24, 2.45) is 0 Å². The Morgan fingerprint density at radius 2 is 0.449 bits per heavy atom. The second-order valence-corrected chi connectivity index (χ2v) is 41.8. The Labute approximate surface area is 854 Å². The number of hydrogen-bond acceptors (Lipinski definition) is 4. The zero-order valence-corrected chi connectivity index (χ0v) is 81.7. The Morgan fingerprint density at radius 3 is 0.932 bits per heavy atom. The van der Waals surface area contributed by atoms with E-state index < -0.39 is 0 Å². The maximum atomic E-state index is 5.12. The third kappa shape index (κ3) is 12.9. The molecule has 33 aromatic rings. The molecule has 0 radical (unpaired) electrons. The number of rotatable bonds is 9. The van der Waals surface area contributed by atoms with Gasteiger partial charge in [0.1, 0.15) is 0 Å². The number of benzene rings is 23. The Hall–Kier alpha value is -18.6. The number of nitrogens with zero attached hydrogens (tertiary/aromatic N) is 7. The van der Waals surface area contributed by atoms with E-state index in [0.29, 0.717) is 0 Å². The average molecular weight is 1920 g/mol. The van der Waals surface area contributed by atoms with Crippen molar-refractivity contribution in [2.45, 2.75) is 0 Å². The fraction of sp³-hybridized carbons (Fsp3) is 0. The van der Waals surface area contributed by atoms with Gasteiger partial charge in [-0.25, -0.2) is 4.98 Å². The van der Waals surface area contributed by atoms with Crippen molar-refractivity contribution >= 4 is 258 Å². The lowest BCUT2D eigenvalue weighted by Gasteiger charge is -2.15. The molecule has 10 aromatic heterocycles. The van der Waals surface area contributed by atoms with Gasteiger partial charge in [0, 0.05) is 156 Å². The molecule has 0 aliphatic heterocycles. The Kier molecular flexibility index (Phi) is 18.7. The first kappa shape index (κ1) is 83.1. The number of aromatic nitrogens is 7. The van der Waals surface area contributed by atoms with Gasteiger partial charge in [-0.3, -0.25) is 0 Å². The van der Waals surface area contributed by atoms with Crippen LogP contribution in [0, 0.1) is 0 Å². The van der Waals surface area contributed by atoms with E-state index in [1.54, 1.807) is 0 Å². The Bertz CT molecular complexity index is 11300. The summed E-state index contributed by atoms with van der Waals surface area (Å²) >= 11 is 5.70. The predicted octanol–water partition coefficient (Wildman–Crippen LogP) is 38.6. The minimum absolute atomic E-state index is 0.960. The van der Waals surface area contributed by atoms with Crippen LogP contribution in [0.1, 0.15) is 0 Å². The molecule has 0 saturated heterocycles. The summed E-state index contributed by atoms with van der Waals surface area (Å²) in [7, 11) is 0. The van der Waals surface area contributed by atoms with Crippen LogP contribution < -0.4 is 0 Å². The second kappa shape index (κ2) is 33.0. The highest BCUT2D eigenvalue weighted by atomic mass is 32.1. The summed E-state index contributed by atoms with van der Waals surface area (Å²) < 4.78 is 22.8. The molecule has 0 saturated carbocycles. The van der Waals surface area contributed by atoms with Crippen molar-refractivity contribution in [2.75, 3.05) is 0 Å². The molecule has 0 atom stereocenters. The standard InChI is InChI=1S/C47H29N3S.C46H28N2S.C44H26N2S/c1-4-13-30(14-5-1)40-20-12-21-41(48-40)31-23-24-34-38-28-39-36-25-26-37-35-19-10-11-22-45(35)51-47(37)46(36)50(33-17-8-3-9-18-33)44(39)29-43(38)49(42(34)27-31)32-15-6-2-7-16-32;1-3-13-33(14-4-1)47-41-26-32(31-20-19-29-11-7-8-12-30(29)25-31)21-22-35(41)39-27-40-37-23-24-38-36-17-9-10-18-44(36)49-46(38)45(37)48(43(40)28-42(39)47)34-15-5-2-6-16-34;1-2-13-28(14-3-1)45-38-20-10-8-18-32(38)36-25-37-34-22-23-35-33-19-9-11-21-42(33)47-44(35)43(34)46(41(37)26-40(36)45)39-24-27-12-4-5-15-29(27)30-16-6-7-17-31(30)39/h1-29H;1-28H;1-26H. The van der Waals surface area contributed by atoms with Gasteiger partial charge >= 0.3 is 0 Å². The first-order valence-corrected chi connectivity index (χ1v) is 52.6. The summed E-state index contributed by atoms with van der Waals surface area (Å²) in [5.74, 6) is 0. The molecule has 0 aliphatic rings. The van der Waals surface area contributed by atoms with Crippen molar-refractivity contribution in [1.82, 2.24) is 32.4 Å². The molecule has 10 heteroatoms. The largest absolute Gasteiger partial charge is 0.309 e. The molecule has 7 nitrogen and oxygen atoms in total. The number of pyridine rings is 1. The van der Waals surface area contributed by atoms with Crippen LogP contribution in [0.15, 0.2) is 504 Å². The van der Waals surface area contributed by atoms with Crippen LogP contribution in [-0.4, -0.2) is 32.4 Å². The van der Waals surface area contributed by atoms with Crippen LogP contribution in [0.25, 0.3) is 291 Å². The summed E-state index contributed by atoms with van der Waals surface area (Å²) in [6.07, 6.45) is 0. The van der Waals surface area contributed by atoms with E-state index >= 15 is 0 Å². The third-order valence-electron chi connectivity index (χ3n) is 30.6. The molecule has 0 fully saturated rings. The van der Waals surface area contributed by atoms with E-state index in [9.17, 15) is 0 Å². The summed E-state index contributed by atoms with van der Waals surface area (Å²) in [6.45, 7) is 0. The fourth-order valence-electron chi connectivity index (χ4n) is 24.1. The molecule has 0 N–H and O–H groups in total. The van der Waals surface area contributed by atoms with Gasteiger partial charge in [0.05, 0.1) is 97.4 Å². The monoisotopic (exact) mass is 1920 g/mol. The normalized spacial score (nSPS) is 12.1. The number of hydrogen-bond donors (Lipinski definition) is 0. The predicted molar refractivity (Wildman–Crippen MR) is 631 cm³/mol. The molecular weight excluding hydrogens is 1840 g/mol. The van der Waals surface area contributed by atoms with Gasteiger partial charge in [0.25, 0.3) is 0 Å². The molecule has 10 heterocycles. The molecule has 684 valence electrons. The molecule has 0 bridgehead atoms. The van der Waals surface area contributed by atoms with Crippen LogP contribution >= 0.6 is 34.0 Å². The zero-order chi connectivity index (χ0) is 96.2. The van der Waals surface area contributed by atoms with E-state index in [2.05, 4.69) is 525 Å². The highest BCUT2D eigenvalue weighted by Gasteiger charge is 2.29. The maximum Gasteiger partial charge on any atom is 0.0720 e. The molecule has 0 amide bonds. The summed E-state index contributed by atoms with van der Waals surface area (Å²) in [5.41, 5.74) is 28.3. The highest BCUT2D eigenvalue weighted by molar-refractivity contribution is 7.27. The van der Waals surface area contributed by atoms with Gasteiger partial charge in [-0.15, -0.1) is 34.0 Å². The van der Waals surface area contributed by atoms with Crippen molar-refractivity contribution in [3.8, 4) is 67.8 Å². The quantitative estimate of drug-likeness (QED) is 0.133. The van der Waals surface area contributed by atoms with E-state index in [1.165, 1.54) is 246 Å². The van der Waals surface area contributed by atoms with Crippen molar-refractivity contribution in [3.05, 3.63) is 504 Å². The number of thiophene rings is 3. The molecule has 0 spiro atoms. The van der Waals surface area contributed by atoms with Gasteiger partial charge in [-0.05, 0) is 196 Å². The van der Waals surface area contributed by atoms with E-state index in [4.69, 9.17) is 4.98 Å². The zero-order valence-electron chi connectivity index (χ0n) is 79.3. The fourth-order valence-corrected chi connectivity index (χ4v) is 27.8. The highest BCUT2D eigenvalue weighted by Crippen LogP contribution is 2.52. The van der Waals surface area contributed by atoms with Crippen LogP contribution in [0.5, 0.6) is 0 Å². The SMILES string of the molecule is c1ccc(-c2cccc(-c3ccc4c5cc6c7ccc8c9ccccc9sc8c7n(-c7ccccc7)c6cc5n(-c5ccccc5)c4c3)n2)cc1.c1ccc(-n2c3cc(-c4ccc5ccccc5c4)ccc3c3cc4c5ccc6c7ccccc7sc6c5n(-c5ccccc5)c4cc32)cc1.c1ccc(-n2c3ccccc3c3cc4c5ccc6c7ccccc7sc6c5n(-c5cc6ccccc6c6ccccc56)c4cc32)cc1. The van der Waals surface area contributed by atoms with Gasteiger partial charge in [0.2, 0.25) is 0 Å². The first-order valence-electron chi connectivity index (χ1n) is 50.2. The lowest BCUT2D eigenvalue weighted by molar-refractivity contribution is 1.17. The van der Waals surface area contributed by atoms with E-state index in [1.807, 2.05) is 40.1 Å². The van der Waals surface area contributed by atoms with Crippen molar-refractivity contribution < 1.29 is 0 Å². The Balaban J connectivity index is 0.0000001000. The maximum absolute atomic E-state index is 5.12. The number of para-hydroxylation sites is 6. The van der Waals surface area contributed by atoms with Gasteiger partial charge in [-0.2, -0.15) is 0 Å². The summed E-state index contributed by atoms with van der Waals surface area (Å²) in [5, 5.41) is 30.7. The van der Waals surface area contributed by atoms with Crippen LogP contribution in [0.2, 0.25) is 0 Å². The van der Waals surface area contributed by atoms with Crippen molar-refractivity contribution in [1.29, 1.82) is 0 Å². The van der Waals surface area contributed by atoms with E-state index in [0.717, 1.165) is 45.1 Å². The summed E-state index contributed by atoms with van der Waals surface area (Å²) in [6, 6.07) is 184. The average Bonchev–Trinajstić information content (AvgIpc) is 1.55. The smallest absolute Gasteiger partial charge is 0.0720 e. The second-order valence-electron chi connectivity index (χ2n) is 38.6. The topological polar surface area (TPSA) is 42.5 Å². The van der Waals surface area contributed by atoms with Crippen LogP contribution in [0.4, 0.5) is 0 Å². The van der Waals surface area contributed by atoms with Gasteiger partial charge in [-0.1, -0.05) is 346 Å². The molecular formula is C137H83N7S3. The Morgan fingerprint density at radius 1 is 0.143 bits per heavy atom. The lowest BCUT2D eigenvalue weighted by Crippen LogP contribution is -1.97. The minimum Gasteiger partial charge on any atom is -0.309 e. The van der Waals surface area contributed by atoms with Crippen molar-refractivity contribution in [3.63, 3.8) is 0 Å². The summed E-state index contributed by atoms with van der Waals surface area (Å²) in [4.78, 5) is 5.12. The molecule has 0 aliphatic carbocycles. The molecule has 33 rings (SSSR count). The first-order chi connectivity index (χ1) is 72.9. The number of fused-ring (bicyclic) bond motifs is 34. The van der Waals surface area contributed by atoms with Crippen LogP contribution in [0.3, 0.4) is 0 Å². The molecule has 147 heavy (non-hydrogen) atoms. The minimum atomic E-state index is 0.960. The lowest BCUT2D eigenvalue weighted by atomic mass is 10.00.